The van der Waals surface area contributed by atoms with E-state index < -0.39 is 0 Å². The highest BCUT2D eigenvalue weighted by Crippen LogP contribution is 2.21. The number of amides is 1. The summed E-state index contributed by atoms with van der Waals surface area (Å²) in [7, 11) is 0. The maximum atomic E-state index is 12.4. The zero-order chi connectivity index (χ0) is 13.1. The fourth-order valence-corrected chi connectivity index (χ4v) is 2.51. The van der Waals surface area contributed by atoms with Crippen molar-refractivity contribution < 1.29 is 4.79 Å². The first-order chi connectivity index (χ1) is 8.59. The van der Waals surface area contributed by atoms with Crippen molar-refractivity contribution in [1.82, 2.24) is 9.88 Å². The summed E-state index contributed by atoms with van der Waals surface area (Å²) in [6, 6.07) is 3.89. The molecule has 2 heterocycles. The second-order valence-electron chi connectivity index (χ2n) is 5.13. The molecule has 1 saturated heterocycles. The summed E-state index contributed by atoms with van der Waals surface area (Å²) < 4.78 is 0. The van der Waals surface area contributed by atoms with E-state index >= 15 is 0 Å². The zero-order valence-corrected chi connectivity index (χ0v) is 13.5. The molecule has 1 aromatic rings. The van der Waals surface area contributed by atoms with Gasteiger partial charge in [0.1, 0.15) is 0 Å². The van der Waals surface area contributed by atoms with Crippen molar-refractivity contribution in [2.75, 3.05) is 13.1 Å². The number of carbonyl (C=O) groups excluding carboxylic acids is 1. The Morgan fingerprint density at radius 2 is 2.00 bits per heavy atom. The maximum absolute atomic E-state index is 12.4. The lowest BCUT2D eigenvalue weighted by atomic mass is 9.90. The van der Waals surface area contributed by atoms with Crippen LogP contribution >= 0.6 is 24.8 Å². The fourth-order valence-electron chi connectivity index (χ4n) is 2.51. The van der Waals surface area contributed by atoms with Gasteiger partial charge in [0.2, 0.25) is 0 Å². The van der Waals surface area contributed by atoms with E-state index in [1.54, 1.807) is 6.20 Å². The van der Waals surface area contributed by atoms with E-state index in [1.165, 1.54) is 0 Å². The van der Waals surface area contributed by atoms with E-state index in [1.807, 2.05) is 30.9 Å². The van der Waals surface area contributed by atoms with Crippen LogP contribution < -0.4 is 5.73 Å². The molecule has 1 atom stereocenters. The quantitative estimate of drug-likeness (QED) is 0.910. The van der Waals surface area contributed by atoms with Gasteiger partial charge >= 0.3 is 0 Å². The Bertz CT molecular complexity index is 432. The molecule has 0 spiro atoms. The van der Waals surface area contributed by atoms with Gasteiger partial charge in [-0.3, -0.25) is 9.78 Å². The minimum atomic E-state index is 0. The molecule has 1 aliphatic rings. The molecule has 4 nitrogen and oxygen atoms in total. The normalized spacial score (nSPS) is 16.9. The van der Waals surface area contributed by atoms with E-state index in [9.17, 15) is 4.79 Å². The van der Waals surface area contributed by atoms with E-state index in [0.717, 1.165) is 37.2 Å². The van der Waals surface area contributed by atoms with Crippen molar-refractivity contribution in [1.29, 1.82) is 0 Å². The van der Waals surface area contributed by atoms with Crippen molar-refractivity contribution in [3.63, 3.8) is 0 Å². The Kier molecular flexibility index (Phi) is 8.09. The molecule has 1 fully saturated rings. The molecule has 114 valence electrons. The number of carbonyl (C=O) groups is 1. The Balaban J connectivity index is 0.00000180. The molecule has 1 aliphatic heterocycles. The second kappa shape index (κ2) is 8.45. The van der Waals surface area contributed by atoms with Crippen LogP contribution in [-0.4, -0.2) is 34.9 Å². The predicted molar refractivity (Wildman–Crippen MR) is 85.7 cm³/mol. The molecule has 1 aromatic heterocycles. The zero-order valence-electron chi connectivity index (χ0n) is 11.9. The third-order valence-corrected chi connectivity index (χ3v) is 3.81. The molecule has 6 heteroatoms. The molecule has 2 N–H and O–H groups in total. The number of nitrogens with two attached hydrogens (primary N) is 1. The van der Waals surface area contributed by atoms with Crippen LogP contribution in [0.1, 0.15) is 35.8 Å². The molecule has 2 rings (SSSR count). The highest BCUT2D eigenvalue weighted by atomic mass is 35.5. The number of pyridine rings is 1. The molecule has 0 radical (unpaired) electrons. The van der Waals surface area contributed by atoms with E-state index in [4.69, 9.17) is 5.73 Å². The minimum absolute atomic E-state index is 0. The number of piperidine rings is 1. The topological polar surface area (TPSA) is 59.2 Å². The first-order valence-corrected chi connectivity index (χ1v) is 6.56. The average Bonchev–Trinajstić information content (AvgIpc) is 2.38. The van der Waals surface area contributed by atoms with Gasteiger partial charge in [0.25, 0.3) is 5.91 Å². The average molecular weight is 320 g/mol. The smallest absolute Gasteiger partial charge is 0.255 e. The molecule has 0 saturated carbocycles. The number of rotatable bonds is 2. The first kappa shape index (κ1) is 19.2. The van der Waals surface area contributed by atoms with Crippen LogP contribution in [-0.2, 0) is 0 Å². The molecule has 1 unspecified atom stereocenters. The Hall–Kier alpha value is -0.840. The van der Waals surface area contributed by atoms with Crippen molar-refractivity contribution >= 4 is 30.7 Å². The van der Waals surface area contributed by atoms with E-state index in [2.05, 4.69) is 4.98 Å². The van der Waals surface area contributed by atoms with Crippen molar-refractivity contribution in [3.8, 4) is 0 Å². The predicted octanol–water partition coefficient (Wildman–Crippen LogP) is 2.43. The van der Waals surface area contributed by atoms with Gasteiger partial charge in [-0.2, -0.15) is 0 Å². The van der Waals surface area contributed by atoms with Crippen LogP contribution in [0, 0.1) is 12.8 Å². The van der Waals surface area contributed by atoms with Crippen LogP contribution in [0.3, 0.4) is 0 Å². The van der Waals surface area contributed by atoms with Crippen LogP contribution in [0.2, 0.25) is 0 Å². The molecule has 0 aliphatic carbocycles. The fraction of sp³-hybridized carbons (Fsp3) is 0.571. The summed E-state index contributed by atoms with van der Waals surface area (Å²) in [5, 5.41) is 0. The van der Waals surface area contributed by atoms with Gasteiger partial charge in [-0.25, -0.2) is 0 Å². The van der Waals surface area contributed by atoms with Gasteiger partial charge in [-0.1, -0.05) is 0 Å². The van der Waals surface area contributed by atoms with Gasteiger partial charge in [0.05, 0.1) is 5.56 Å². The van der Waals surface area contributed by atoms with Crippen LogP contribution in [0.15, 0.2) is 18.3 Å². The molecule has 0 aromatic carbocycles. The number of aryl methyl sites for hydroxylation is 1. The first-order valence-electron chi connectivity index (χ1n) is 6.56. The van der Waals surface area contributed by atoms with Gasteiger partial charge in [0, 0.05) is 31.0 Å². The van der Waals surface area contributed by atoms with E-state index in [0.29, 0.717) is 5.92 Å². The summed E-state index contributed by atoms with van der Waals surface area (Å²) in [5.74, 6) is 0.646. The Morgan fingerprint density at radius 3 is 2.50 bits per heavy atom. The third kappa shape index (κ3) is 4.33. The number of hydrogen-bond donors (Lipinski definition) is 1. The highest BCUT2D eigenvalue weighted by molar-refractivity contribution is 5.95. The number of aromatic nitrogens is 1. The summed E-state index contributed by atoms with van der Waals surface area (Å²) in [4.78, 5) is 18.4. The minimum Gasteiger partial charge on any atom is -0.339 e. The highest BCUT2D eigenvalue weighted by Gasteiger charge is 2.26. The largest absolute Gasteiger partial charge is 0.339 e. The van der Waals surface area contributed by atoms with Gasteiger partial charge in [-0.15, -0.1) is 24.8 Å². The molecule has 20 heavy (non-hydrogen) atoms. The van der Waals surface area contributed by atoms with Gasteiger partial charge in [-0.05, 0) is 44.7 Å². The van der Waals surface area contributed by atoms with Gasteiger partial charge in [0.15, 0.2) is 0 Å². The lowest BCUT2D eigenvalue weighted by molar-refractivity contribution is 0.0679. The molecule has 0 bridgehead atoms. The number of nitrogens with zero attached hydrogens (tertiary/aromatic N) is 2. The SMILES string of the molecule is Cc1ncccc1C(=O)N1CCC(C(C)N)CC1.Cl.Cl. The third-order valence-electron chi connectivity index (χ3n) is 3.81. The monoisotopic (exact) mass is 319 g/mol. The van der Waals surface area contributed by atoms with E-state index in [-0.39, 0.29) is 36.8 Å². The lowest BCUT2D eigenvalue weighted by Crippen LogP contribution is -2.42. The summed E-state index contributed by atoms with van der Waals surface area (Å²) in [6.45, 7) is 5.54. The van der Waals surface area contributed by atoms with Crippen molar-refractivity contribution in [2.24, 2.45) is 11.7 Å². The summed E-state index contributed by atoms with van der Waals surface area (Å²) in [5.41, 5.74) is 7.43. The number of hydrogen-bond acceptors (Lipinski definition) is 3. The van der Waals surface area contributed by atoms with Crippen LogP contribution in [0.25, 0.3) is 0 Å². The van der Waals surface area contributed by atoms with Gasteiger partial charge < -0.3 is 10.6 Å². The standard InChI is InChI=1S/C14H21N3O.2ClH/c1-10(15)12-5-8-17(9-6-12)14(18)13-4-3-7-16-11(13)2;;/h3-4,7,10,12H,5-6,8-9,15H2,1-2H3;2*1H. The molecular formula is C14H23Cl2N3O. The van der Waals surface area contributed by atoms with Crippen LogP contribution in [0.4, 0.5) is 0 Å². The summed E-state index contributed by atoms with van der Waals surface area (Å²) >= 11 is 0. The van der Waals surface area contributed by atoms with Crippen molar-refractivity contribution in [3.05, 3.63) is 29.6 Å². The Morgan fingerprint density at radius 1 is 1.40 bits per heavy atom. The summed E-state index contributed by atoms with van der Waals surface area (Å²) in [6.07, 6.45) is 3.72. The molecular weight excluding hydrogens is 297 g/mol. The second-order valence-corrected chi connectivity index (χ2v) is 5.13. The van der Waals surface area contributed by atoms with Crippen LogP contribution in [0.5, 0.6) is 0 Å². The number of halogens is 2. The lowest BCUT2D eigenvalue weighted by Gasteiger charge is -2.33. The van der Waals surface area contributed by atoms with Crippen molar-refractivity contribution in [2.45, 2.75) is 32.7 Å². The number of likely N-dealkylation sites (tertiary alicyclic amines) is 1. The Labute approximate surface area is 132 Å². The maximum Gasteiger partial charge on any atom is 0.255 e. The molecule has 1 amide bonds.